The summed E-state index contributed by atoms with van der Waals surface area (Å²) < 4.78 is 33.0. The molecule has 1 saturated heterocycles. The normalized spacial score (nSPS) is 15.7. The Balaban J connectivity index is 1.74. The van der Waals surface area contributed by atoms with E-state index in [1.165, 1.54) is 12.8 Å². The first-order valence-corrected chi connectivity index (χ1v) is 10.3. The molecule has 0 saturated carbocycles. The Morgan fingerprint density at radius 3 is 2.50 bits per heavy atom. The largest absolute Gasteiger partial charge is 0.497 e. The zero-order chi connectivity index (χ0) is 18.7. The van der Waals surface area contributed by atoms with Crippen molar-refractivity contribution < 1.29 is 13.2 Å². The summed E-state index contributed by atoms with van der Waals surface area (Å²) in [5.74, 6) is 1.70. The van der Waals surface area contributed by atoms with Gasteiger partial charge in [-0.1, -0.05) is 6.92 Å². The molecular weight excluding hydrogens is 350 g/mol. The molecule has 0 atom stereocenters. The molecule has 1 N–H and O–H groups in total. The van der Waals surface area contributed by atoms with E-state index in [9.17, 15) is 8.42 Å². The van der Waals surface area contributed by atoms with Crippen molar-refractivity contribution in [3.05, 3.63) is 42.1 Å². The topological polar surface area (TPSA) is 71.5 Å². The Bertz CT molecular complexity index is 858. The lowest BCUT2D eigenvalue weighted by molar-refractivity contribution is 0.414. The first-order chi connectivity index (χ1) is 12.4. The molecule has 1 aromatic carbocycles. The Kier molecular flexibility index (Phi) is 5.36. The fourth-order valence-corrected chi connectivity index (χ4v) is 4.38. The van der Waals surface area contributed by atoms with E-state index in [-0.39, 0.29) is 4.90 Å². The molecule has 0 bridgehead atoms. The Morgan fingerprint density at radius 1 is 1.19 bits per heavy atom. The molecule has 0 unspecified atom stereocenters. The molecule has 26 heavy (non-hydrogen) atoms. The van der Waals surface area contributed by atoms with E-state index in [1.807, 2.05) is 6.07 Å². The molecule has 3 rings (SSSR count). The van der Waals surface area contributed by atoms with Gasteiger partial charge in [-0.2, -0.15) is 0 Å². The average molecular weight is 375 g/mol. The van der Waals surface area contributed by atoms with Crippen molar-refractivity contribution in [2.45, 2.75) is 31.6 Å². The van der Waals surface area contributed by atoms with Crippen LogP contribution in [0.15, 0.2) is 41.4 Å². The SMILES string of the molecule is COc1ccc(S(=O)(=O)Nc2ccc(N3CCC(C)CC3)cn2)c(C)c1. The minimum atomic E-state index is -3.70. The number of hydrogen-bond acceptors (Lipinski definition) is 5. The van der Waals surface area contributed by atoms with Crippen LogP contribution >= 0.6 is 0 Å². The van der Waals surface area contributed by atoms with Gasteiger partial charge in [0, 0.05) is 13.1 Å². The first-order valence-electron chi connectivity index (χ1n) is 8.77. The fourth-order valence-electron chi connectivity index (χ4n) is 3.14. The molecule has 1 fully saturated rings. The number of aromatic nitrogens is 1. The number of piperidine rings is 1. The third kappa shape index (κ3) is 4.09. The van der Waals surface area contributed by atoms with E-state index in [2.05, 4.69) is 21.5 Å². The van der Waals surface area contributed by atoms with Crippen LogP contribution < -0.4 is 14.4 Å². The number of sulfonamides is 1. The number of nitrogens with zero attached hydrogens (tertiary/aromatic N) is 2. The molecule has 140 valence electrons. The van der Waals surface area contributed by atoms with E-state index in [4.69, 9.17) is 4.74 Å². The lowest BCUT2D eigenvalue weighted by atomic mass is 9.99. The van der Waals surface area contributed by atoms with Crippen LogP contribution in [0, 0.1) is 12.8 Å². The second-order valence-electron chi connectivity index (χ2n) is 6.81. The molecule has 6 nitrogen and oxygen atoms in total. The summed E-state index contributed by atoms with van der Waals surface area (Å²) in [7, 11) is -2.14. The van der Waals surface area contributed by atoms with Gasteiger partial charge < -0.3 is 9.64 Å². The lowest BCUT2D eigenvalue weighted by Crippen LogP contribution is -2.32. The molecule has 1 aromatic heterocycles. The predicted molar refractivity (Wildman–Crippen MR) is 103 cm³/mol. The fraction of sp³-hybridized carbons (Fsp3) is 0.421. The Hall–Kier alpha value is -2.28. The maximum atomic E-state index is 12.6. The van der Waals surface area contributed by atoms with Gasteiger partial charge in [-0.3, -0.25) is 4.72 Å². The van der Waals surface area contributed by atoms with E-state index in [0.29, 0.717) is 17.1 Å². The van der Waals surface area contributed by atoms with Crippen LogP contribution in [-0.2, 0) is 10.0 Å². The summed E-state index contributed by atoms with van der Waals surface area (Å²) in [6.45, 7) is 6.04. The van der Waals surface area contributed by atoms with Crippen molar-refractivity contribution in [3.63, 3.8) is 0 Å². The summed E-state index contributed by atoms with van der Waals surface area (Å²) in [5, 5.41) is 0. The highest BCUT2D eigenvalue weighted by Gasteiger charge is 2.19. The maximum Gasteiger partial charge on any atom is 0.263 e. The molecule has 2 aromatic rings. The summed E-state index contributed by atoms with van der Waals surface area (Å²) >= 11 is 0. The molecule has 0 amide bonds. The first kappa shape index (κ1) is 18.5. The molecule has 1 aliphatic heterocycles. The van der Waals surface area contributed by atoms with Gasteiger partial charge in [-0.25, -0.2) is 13.4 Å². The zero-order valence-corrected chi connectivity index (χ0v) is 16.2. The second-order valence-corrected chi connectivity index (χ2v) is 8.46. The predicted octanol–water partition coefficient (Wildman–Crippen LogP) is 3.44. The molecule has 0 radical (unpaired) electrons. The number of pyridine rings is 1. The number of hydrogen-bond donors (Lipinski definition) is 1. The molecule has 7 heteroatoms. The van der Waals surface area contributed by atoms with Gasteiger partial charge in [0.1, 0.15) is 11.6 Å². The quantitative estimate of drug-likeness (QED) is 0.867. The van der Waals surface area contributed by atoms with E-state index in [1.54, 1.807) is 44.5 Å². The monoisotopic (exact) mass is 375 g/mol. The Morgan fingerprint density at radius 2 is 1.92 bits per heavy atom. The van der Waals surface area contributed by atoms with Crippen LogP contribution in [0.4, 0.5) is 11.5 Å². The van der Waals surface area contributed by atoms with Crippen molar-refractivity contribution in [3.8, 4) is 5.75 Å². The van der Waals surface area contributed by atoms with Gasteiger partial charge in [0.2, 0.25) is 0 Å². The number of ether oxygens (including phenoxy) is 1. The van der Waals surface area contributed by atoms with E-state index >= 15 is 0 Å². The van der Waals surface area contributed by atoms with Gasteiger partial charge in [0.25, 0.3) is 10.0 Å². The smallest absolute Gasteiger partial charge is 0.263 e. The third-order valence-corrected chi connectivity index (χ3v) is 6.32. The zero-order valence-electron chi connectivity index (χ0n) is 15.4. The highest BCUT2D eigenvalue weighted by molar-refractivity contribution is 7.92. The van der Waals surface area contributed by atoms with Crippen molar-refractivity contribution in [1.82, 2.24) is 4.98 Å². The molecule has 0 aliphatic carbocycles. The van der Waals surface area contributed by atoms with Crippen LogP contribution in [0.1, 0.15) is 25.3 Å². The summed E-state index contributed by atoms with van der Waals surface area (Å²) in [6.07, 6.45) is 4.07. The van der Waals surface area contributed by atoms with Gasteiger partial charge in [-0.15, -0.1) is 0 Å². The van der Waals surface area contributed by atoms with Crippen molar-refractivity contribution in [2.75, 3.05) is 29.8 Å². The van der Waals surface area contributed by atoms with Crippen molar-refractivity contribution in [2.24, 2.45) is 5.92 Å². The summed E-state index contributed by atoms with van der Waals surface area (Å²) in [5.41, 5.74) is 1.65. The molecule has 2 heterocycles. The number of rotatable bonds is 5. The number of aryl methyl sites for hydroxylation is 1. The average Bonchev–Trinajstić information content (AvgIpc) is 2.62. The van der Waals surface area contributed by atoms with Gasteiger partial charge in [0.15, 0.2) is 0 Å². The van der Waals surface area contributed by atoms with Gasteiger partial charge >= 0.3 is 0 Å². The summed E-state index contributed by atoms with van der Waals surface area (Å²) in [4.78, 5) is 6.80. The standard InChI is InChI=1S/C19H25N3O3S/c1-14-8-10-22(11-9-14)16-4-7-19(20-13-16)21-26(23,24)18-6-5-17(25-3)12-15(18)2/h4-7,12-14H,8-11H2,1-3H3,(H,20,21). The van der Waals surface area contributed by atoms with Gasteiger partial charge in [-0.05, 0) is 61.6 Å². The van der Waals surface area contributed by atoms with Crippen LogP contribution in [0.25, 0.3) is 0 Å². The number of methoxy groups -OCH3 is 1. The third-order valence-electron chi connectivity index (χ3n) is 4.81. The number of anilines is 2. The molecule has 0 spiro atoms. The maximum absolute atomic E-state index is 12.6. The van der Waals surface area contributed by atoms with Crippen LogP contribution in [0.2, 0.25) is 0 Å². The van der Waals surface area contributed by atoms with Gasteiger partial charge in [0.05, 0.1) is 23.9 Å². The second kappa shape index (κ2) is 7.53. The minimum absolute atomic E-state index is 0.217. The highest BCUT2D eigenvalue weighted by Crippen LogP contribution is 2.25. The summed E-state index contributed by atoms with van der Waals surface area (Å²) in [6, 6.07) is 8.50. The van der Waals surface area contributed by atoms with Crippen molar-refractivity contribution >= 4 is 21.5 Å². The highest BCUT2D eigenvalue weighted by atomic mass is 32.2. The van der Waals surface area contributed by atoms with Crippen LogP contribution in [0.5, 0.6) is 5.75 Å². The van der Waals surface area contributed by atoms with Crippen molar-refractivity contribution in [1.29, 1.82) is 0 Å². The van der Waals surface area contributed by atoms with E-state index < -0.39 is 10.0 Å². The minimum Gasteiger partial charge on any atom is -0.497 e. The number of benzene rings is 1. The molecule has 1 aliphatic rings. The Labute approximate surface area is 155 Å². The number of nitrogens with one attached hydrogen (secondary N) is 1. The lowest BCUT2D eigenvalue weighted by Gasteiger charge is -2.31. The van der Waals surface area contributed by atoms with Crippen LogP contribution in [-0.4, -0.2) is 33.6 Å². The molecular formula is C19H25N3O3S. The van der Waals surface area contributed by atoms with Crippen LogP contribution in [0.3, 0.4) is 0 Å². The van der Waals surface area contributed by atoms with E-state index in [0.717, 1.165) is 24.7 Å².